The molecular weight excluding hydrogens is 269 g/mol. The quantitative estimate of drug-likeness (QED) is 0.836. The van der Waals surface area contributed by atoms with Crippen LogP contribution in [0.3, 0.4) is 0 Å². The monoisotopic (exact) mass is 287 g/mol. The molecule has 6 heteroatoms. The molecule has 0 bridgehead atoms. The Labute approximate surface area is 113 Å². The van der Waals surface area contributed by atoms with Crippen LogP contribution in [0.1, 0.15) is 20.8 Å². The maximum Gasteiger partial charge on any atom is 0.243 e. The molecule has 1 aromatic carbocycles. The van der Waals surface area contributed by atoms with Gasteiger partial charge in [-0.2, -0.15) is 4.31 Å². The highest BCUT2D eigenvalue weighted by atomic mass is 32.2. The minimum Gasteiger partial charge on any atom is -0.370 e. The van der Waals surface area contributed by atoms with E-state index in [0.29, 0.717) is 0 Å². The van der Waals surface area contributed by atoms with Gasteiger partial charge in [0, 0.05) is 13.1 Å². The lowest BCUT2D eigenvalue weighted by molar-refractivity contribution is -0.109. The number of morpholine rings is 1. The van der Waals surface area contributed by atoms with Gasteiger partial charge in [0.1, 0.15) is 5.82 Å². The summed E-state index contributed by atoms with van der Waals surface area (Å²) in [6, 6.07) is 5.08. The summed E-state index contributed by atoms with van der Waals surface area (Å²) in [4.78, 5) is -0.0163. The fourth-order valence-corrected chi connectivity index (χ4v) is 4.05. The Balaban J connectivity index is 2.34. The summed E-state index contributed by atoms with van der Waals surface area (Å²) in [5.74, 6) is -0.554. The molecule has 0 N–H and O–H groups in total. The van der Waals surface area contributed by atoms with Crippen LogP contribution in [-0.4, -0.2) is 37.5 Å². The highest BCUT2D eigenvalue weighted by Crippen LogP contribution is 2.26. The topological polar surface area (TPSA) is 46.6 Å². The Hall–Kier alpha value is -0.980. The average molecular weight is 287 g/mol. The lowest BCUT2D eigenvalue weighted by Gasteiger charge is -2.40. The van der Waals surface area contributed by atoms with Crippen LogP contribution in [0.15, 0.2) is 29.2 Å². The van der Waals surface area contributed by atoms with E-state index in [1.54, 1.807) is 0 Å². The van der Waals surface area contributed by atoms with E-state index in [1.165, 1.54) is 22.5 Å². The van der Waals surface area contributed by atoms with Gasteiger partial charge in [0.2, 0.25) is 10.0 Å². The molecule has 0 radical (unpaired) electrons. The highest BCUT2D eigenvalue weighted by Gasteiger charge is 2.37. The zero-order valence-corrected chi connectivity index (χ0v) is 12.1. The van der Waals surface area contributed by atoms with Crippen molar-refractivity contribution >= 4 is 10.0 Å². The van der Waals surface area contributed by atoms with E-state index in [1.807, 2.05) is 20.8 Å². The van der Waals surface area contributed by atoms with E-state index >= 15 is 0 Å². The third kappa shape index (κ3) is 3.13. The third-order valence-corrected chi connectivity index (χ3v) is 4.78. The summed E-state index contributed by atoms with van der Waals surface area (Å²) in [5.41, 5.74) is -0.544. The molecule has 0 amide bonds. The van der Waals surface area contributed by atoms with Crippen molar-refractivity contribution in [2.24, 2.45) is 0 Å². The number of sulfonamides is 1. The van der Waals surface area contributed by atoms with Gasteiger partial charge in [-0.15, -0.1) is 0 Å². The minimum absolute atomic E-state index is 0.0163. The average Bonchev–Trinajstić information content (AvgIpc) is 2.26. The Morgan fingerprint density at radius 2 is 2.11 bits per heavy atom. The Morgan fingerprint density at radius 1 is 1.42 bits per heavy atom. The van der Waals surface area contributed by atoms with Crippen molar-refractivity contribution in [1.29, 1.82) is 0 Å². The molecule has 106 valence electrons. The van der Waals surface area contributed by atoms with Gasteiger partial charge in [0.25, 0.3) is 0 Å². The molecule has 1 aliphatic rings. The van der Waals surface area contributed by atoms with Crippen LogP contribution in [0, 0.1) is 5.82 Å². The molecule has 1 aliphatic heterocycles. The van der Waals surface area contributed by atoms with Gasteiger partial charge >= 0.3 is 0 Å². The summed E-state index contributed by atoms with van der Waals surface area (Å²) in [6.07, 6.45) is -0.188. The van der Waals surface area contributed by atoms with Crippen molar-refractivity contribution in [3.63, 3.8) is 0 Å². The van der Waals surface area contributed by atoms with Crippen LogP contribution in [0.4, 0.5) is 4.39 Å². The zero-order chi connectivity index (χ0) is 14.3. The fourth-order valence-electron chi connectivity index (χ4n) is 2.35. The first-order chi connectivity index (χ1) is 8.71. The van der Waals surface area contributed by atoms with Crippen molar-refractivity contribution in [3.05, 3.63) is 30.1 Å². The lowest BCUT2D eigenvalue weighted by atomic mass is 10.1. The van der Waals surface area contributed by atoms with Gasteiger partial charge in [-0.25, -0.2) is 12.8 Å². The van der Waals surface area contributed by atoms with Crippen molar-refractivity contribution in [1.82, 2.24) is 4.31 Å². The first kappa shape index (κ1) is 14.4. The number of nitrogens with zero attached hydrogens (tertiary/aromatic N) is 1. The van der Waals surface area contributed by atoms with Crippen molar-refractivity contribution in [3.8, 4) is 0 Å². The van der Waals surface area contributed by atoms with E-state index in [4.69, 9.17) is 4.74 Å². The predicted octanol–water partition coefficient (Wildman–Crippen LogP) is 2.01. The molecule has 0 saturated carbocycles. The first-order valence-corrected chi connectivity index (χ1v) is 7.58. The number of ether oxygens (including phenoxy) is 1. The van der Waals surface area contributed by atoms with Gasteiger partial charge in [0.15, 0.2) is 0 Å². The van der Waals surface area contributed by atoms with Crippen LogP contribution in [0.2, 0.25) is 0 Å². The molecule has 0 spiro atoms. The molecule has 4 nitrogen and oxygen atoms in total. The van der Waals surface area contributed by atoms with Crippen molar-refractivity contribution < 1.29 is 17.5 Å². The highest BCUT2D eigenvalue weighted by molar-refractivity contribution is 7.89. The predicted molar refractivity (Wildman–Crippen MR) is 69.8 cm³/mol. The van der Waals surface area contributed by atoms with Crippen molar-refractivity contribution in [2.45, 2.75) is 37.4 Å². The van der Waals surface area contributed by atoms with Crippen molar-refractivity contribution in [2.75, 3.05) is 13.1 Å². The number of hydrogen-bond donors (Lipinski definition) is 0. The number of rotatable bonds is 2. The van der Waals surface area contributed by atoms with Crippen LogP contribution in [0.5, 0.6) is 0 Å². The van der Waals surface area contributed by atoms with Gasteiger partial charge in [-0.05, 0) is 39.0 Å². The fraction of sp³-hybridized carbons (Fsp3) is 0.538. The smallest absolute Gasteiger partial charge is 0.243 e. The molecule has 1 unspecified atom stereocenters. The largest absolute Gasteiger partial charge is 0.370 e. The van der Waals surface area contributed by atoms with Crippen LogP contribution in [0.25, 0.3) is 0 Å². The Kier molecular flexibility index (Phi) is 3.68. The molecule has 1 aromatic rings. The summed E-state index contributed by atoms with van der Waals surface area (Å²) in [6.45, 7) is 6.06. The van der Waals surface area contributed by atoms with Gasteiger partial charge < -0.3 is 4.74 Å². The summed E-state index contributed by atoms with van der Waals surface area (Å²) in [7, 11) is -3.68. The van der Waals surface area contributed by atoms with Gasteiger partial charge in [0.05, 0.1) is 16.6 Å². The number of benzene rings is 1. The zero-order valence-electron chi connectivity index (χ0n) is 11.3. The molecule has 1 fully saturated rings. The normalized spacial score (nSPS) is 24.3. The van der Waals surface area contributed by atoms with E-state index in [9.17, 15) is 12.8 Å². The lowest BCUT2D eigenvalue weighted by Crippen LogP contribution is -2.53. The second-order valence-electron chi connectivity index (χ2n) is 5.44. The summed E-state index contributed by atoms with van der Waals surface area (Å²) in [5, 5.41) is 0. The number of hydrogen-bond acceptors (Lipinski definition) is 3. The molecule has 1 atom stereocenters. The molecule has 1 heterocycles. The standard InChI is InChI=1S/C13H18FNO3S/c1-10-8-15(9-13(2,3)18-10)19(16,17)12-6-4-5-11(14)7-12/h4-7,10H,8-9H2,1-3H3. The Bertz CT molecular complexity index is 571. The molecule has 1 saturated heterocycles. The van der Waals surface area contributed by atoms with Crippen LogP contribution < -0.4 is 0 Å². The van der Waals surface area contributed by atoms with Crippen LogP contribution >= 0.6 is 0 Å². The van der Waals surface area contributed by atoms with E-state index in [2.05, 4.69) is 0 Å². The van der Waals surface area contributed by atoms with Crippen LogP contribution in [-0.2, 0) is 14.8 Å². The molecule has 0 aliphatic carbocycles. The van der Waals surface area contributed by atoms with E-state index < -0.39 is 21.4 Å². The van der Waals surface area contributed by atoms with E-state index in [0.717, 1.165) is 6.07 Å². The third-order valence-electron chi connectivity index (χ3n) is 2.97. The second-order valence-corrected chi connectivity index (χ2v) is 7.38. The Morgan fingerprint density at radius 3 is 2.68 bits per heavy atom. The second kappa shape index (κ2) is 4.85. The maximum absolute atomic E-state index is 13.2. The number of halogens is 1. The summed E-state index contributed by atoms with van der Waals surface area (Å²) < 4.78 is 45.2. The maximum atomic E-state index is 13.2. The van der Waals surface area contributed by atoms with Gasteiger partial charge in [-0.1, -0.05) is 6.07 Å². The SMILES string of the molecule is CC1CN(S(=O)(=O)c2cccc(F)c2)CC(C)(C)O1. The molecule has 0 aromatic heterocycles. The summed E-state index contributed by atoms with van der Waals surface area (Å²) >= 11 is 0. The van der Waals surface area contributed by atoms with E-state index in [-0.39, 0.29) is 24.1 Å². The molecule has 2 rings (SSSR count). The first-order valence-electron chi connectivity index (χ1n) is 6.14. The molecular formula is C13H18FNO3S. The molecule has 19 heavy (non-hydrogen) atoms. The van der Waals surface area contributed by atoms with Gasteiger partial charge in [-0.3, -0.25) is 0 Å². The minimum atomic E-state index is -3.68.